The van der Waals surface area contributed by atoms with Gasteiger partial charge < -0.3 is 25.4 Å². The Morgan fingerprint density at radius 2 is 2.29 bits per heavy atom. The van der Waals surface area contributed by atoms with E-state index < -0.39 is 0 Å². The molecule has 0 spiro atoms. The van der Waals surface area contributed by atoms with Crippen molar-refractivity contribution >= 4 is 5.96 Å². The molecule has 3 N–H and O–H groups in total. The molecule has 0 radical (unpaired) electrons. The van der Waals surface area contributed by atoms with Gasteiger partial charge >= 0.3 is 0 Å². The van der Waals surface area contributed by atoms with Gasteiger partial charge in [0.25, 0.3) is 0 Å². The highest BCUT2D eigenvalue weighted by molar-refractivity contribution is 5.79. The number of guanidine groups is 1. The quantitative estimate of drug-likeness (QED) is 0.350. The van der Waals surface area contributed by atoms with Crippen LogP contribution in [0.4, 0.5) is 0 Å². The summed E-state index contributed by atoms with van der Waals surface area (Å²) in [7, 11) is 1.81. The van der Waals surface area contributed by atoms with Gasteiger partial charge in [0.1, 0.15) is 0 Å². The van der Waals surface area contributed by atoms with Gasteiger partial charge in [-0.05, 0) is 51.1 Å². The number of rotatable bonds is 8. The molecule has 6 heteroatoms. The maximum absolute atomic E-state index is 9.30. The second-order valence-corrected chi connectivity index (χ2v) is 7.53. The Kier molecular flexibility index (Phi) is 8.29. The fourth-order valence-corrected chi connectivity index (χ4v) is 3.80. The first-order valence-electron chi connectivity index (χ1n) is 9.53. The maximum atomic E-state index is 9.30. The summed E-state index contributed by atoms with van der Waals surface area (Å²) in [4.78, 5) is 6.90. The number of nitrogens with one attached hydrogen (secondary N) is 2. The number of aliphatic imine (C=N–C) groups is 1. The topological polar surface area (TPSA) is 69.1 Å². The summed E-state index contributed by atoms with van der Waals surface area (Å²) in [5, 5.41) is 16.1. The van der Waals surface area contributed by atoms with Gasteiger partial charge in [-0.15, -0.1) is 0 Å². The fourth-order valence-electron chi connectivity index (χ4n) is 3.80. The molecule has 2 aliphatic heterocycles. The molecule has 0 aliphatic carbocycles. The molecule has 6 nitrogen and oxygen atoms in total. The van der Waals surface area contributed by atoms with E-state index in [1.54, 1.807) is 0 Å². The molecule has 2 rings (SSSR count). The average molecular weight is 341 g/mol. The van der Waals surface area contributed by atoms with Crippen LogP contribution in [-0.2, 0) is 4.74 Å². The molecule has 2 aliphatic rings. The molecule has 0 aromatic heterocycles. The zero-order valence-electron chi connectivity index (χ0n) is 15.5. The standard InChI is InChI=1S/C18H36N4O2/c1-16-5-3-9-22(13-16)10-4-8-20-17(19-2)21-14-18(6-11-23)7-12-24-15-18/h16,23H,3-15H2,1-2H3,(H2,19,20,21). The van der Waals surface area contributed by atoms with Crippen molar-refractivity contribution in [1.29, 1.82) is 0 Å². The number of aliphatic hydroxyl groups excluding tert-OH is 1. The summed E-state index contributed by atoms with van der Waals surface area (Å²) in [6.45, 7) is 9.49. The lowest BCUT2D eigenvalue weighted by Crippen LogP contribution is -2.45. The number of piperidine rings is 1. The van der Waals surface area contributed by atoms with Gasteiger partial charge in [0.05, 0.1) is 6.61 Å². The molecule has 2 heterocycles. The zero-order valence-corrected chi connectivity index (χ0v) is 15.5. The van der Waals surface area contributed by atoms with E-state index in [1.807, 2.05) is 7.05 Å². The van der Waals surface area contributed by atoms with Crippen molar-refractivity contribution in [3.05, 3.63) is 0 Å². The maximum Gasteiger partial charge on any atom is 0.190 e. The third-order valence-electron chi connectivity index (χ3n) is 5.37. The lowest BCUT2D eigenvalue weighted by Gasteiger charge is -2.31. The molecule has 2 saturated heterocycles. The molecule has 0 aromatic carbocycles. The Bertz CT molecular complexity index is 383. The summed E-state index contributed by atoms with van der Waals surface area (Å²) >= 11 is 0. The van der Waals surface area contributed by atoms with Crippen LogP contribution in [-0.4, -0.2) is 75.6 Å². The van der Waals surface area contributed by atoms with Gasteiger partial charge in [0, 0.05) is 45.3 Å². The Morgan fingerprint density at radius 1 is 1.42 bits per heavy atom. The lowest BCUT2D eigenvalue weighted by atomic mass is 9.84. The van der Waals surface area contributed by atoms with E-state index in [0.717, 1.165) is 64.0 Å². The minimum atomic E-state index is 0.0519. The second kappa shape index (κ2) is 10.2. The summed E-state index contributed by atoms with van der Waals surface area (Å²) in [5.74, 6) is 1.70. The number of nitrogens with zero attached hydrogens (tertiary/aromatic N) is 2. The van der Waals surface area contributed by atoms with Gasteiger partial charge in [-0.3, -0.25) is 4.99 Å². The van der Waals surface area contributed by atoms with Gasteiger partial charge in [-0.1, -0.05) is 6.92 Å². The molecule has 24 heavy (non-hydrogen) atoms. The monoisotopic (exact) mass is 340 g/mol. The van der Waals surface area contributed by atoms with Crippen molar-refractivity contribution in [2.75, 3.05) is 59.6 Å². The summed E-state index contributed by atoms with van der Waals surface area (Å²) in [5.41, 5.74) is 0.0519. The first-order chi connectivity index (χ1) is 11.7. The number of ether oxygens (including phenoxy) is 1. The summed E-state index contributed by atoms with van der Waals surface area (Å²) < 4.78 is 5.54. The number of hydrogen-bond acceptors (Lipinski definition) is 4. The SMILES string of the molecule is CN=C(NCCCN1CCCC(C)C1)NCC1(CCO)CCOC1. The molecule has 0 saturated carbocycles. The van der Waals surface area contributed by atoms with Crippen LogP contribution >= 0.6 is 0 Å². The normalized spacial score (nSPS) is 29.0. The van der Waals surface area contributed by atoms with Crippen LogP contribution in [0, 0.1) is 11.3 Å². The highest BCUT2D eigenvalue weighted by atomic mass is 16.5. The van der Waals surface area contributed by atoms with Gasteiger partial charge in [0.2, 0.25) is 0 Å². The molecule has 0 bridgehead atoms. The second-order valence-electron chi connectivity index (χ2n) is 7.53. The zero-order chi connectivity index (χ0) is 17.3. The Hall–Kier alpha value is -0.850. The summed E-state index contributed by atoms with van der Waals surface area (Å²) in [6.07, 6.45) is 5.64. The largest absolute Gasteiger partial charge is 0.396 e. The van der Waals surface area contributed by atoms with Crippen LogP contribution in [0.5, 0.6) is 0 Å². The van der Waals surface area contributed by atoms with Crippen LogP contribution < -0.4 is 10.6 Å². The van der Waals surface area contributed by atoms with E-state index in [0.29, 0.717) is 0 Å². The lowest BCUT2D eigenvalue weighted by molar-refractivity contribution is 0.127. The van der Waals surface area contributed by atoms with E-state index in [1.165, 1.54) is 25.9 Å². The van der Waals surface area contributed by atoms with Gasteiger partial charge in [-0.2, -0.15) is 0 Å². The predicted octanol–water partition coefficient (Wildman–Crippen LogP) is 1.06. The average Bonchev–Trinajstić information content (AvgIpc) is 3.03. The molecule has 140 valence electrons. The molecule has 2 unspecified atom stereocenters. The Morgan fingerprint density at radius 3 is 2.96 bits per heavy atom. The number of hydrogen-bond donors (Lipinski definition) is 3. The number of aliphatic hydroxyl groups is 1. The van der Waals surface area contributed by atoms with E-state index >= 15 is 0 Å². The van der Waals surface area contributed by atoms with Crippen LogP contribution in [0.25, 0.3) is 0 Å². The minimum absolute atomic E-state index is 0.0519. The van der Waals surface area contributed by atoms with E-state index in [4.69, 9.17) is 4.74 Å². The van der Waals surface area contributed by atoms with Gasteiger partial charge in [0.15, 0.2) is 5.96 Å². The fraction of sp³-hybridized carbons (Fsp3) is 0.944. The van der Waals surface area contributed by atoms with Crippen molar-refractivity contribution in [3.63, 3.8) is 0 Å². The number of likely N-dealkylation sites (tertiary alicyclic amines) is 1. The van der Waals surface area contributed by atoms with Crippen LogP contribution in [0.15, 0.2) is 4.99 Å². The van der Waals surface area contributed by atoms with E-state index in [2.05, 4.69) is 27.4 Å². The molecule has 2 fully saturated rings. The first-order valence-corrected chi connectivity index (χ1v) is 9.53. The van der Waals surface area contributed by atoms with Gasteiger partial charge in [-0.25, -0.2) is 0 Å². The van der Waals surface area contributed by atoms with Crippen molar-refractivity contribution in [2.45, 2.75) is 39.0 Å². The Balaban J connectivity index is 1.63. The first kappa shape index (κ1) is 19.5. The third kappa shape index (κ3) is 6.22. The van der Waals surface area contributed by atoms with Crippen molar-refractivity contribution in [1.82, 2.24) is 15.5 Å². The molecular formula is C18H36N4O2. The van der Waals surface area contributed by atoms with Crippen molar-refractivity contribution in [3.8, 4) is 0 Å². The summed E-state index contributed by atoms with van der Waals surface area (Å²) in [6, 6.07) is 0. The van der Waals surface area contributed by atoms with Crippen molar-refractivity contribution in [2.24, 2.45) is 16.3 Å². The van der Waals surface area contributed by atoms with Crippen molar-refractivity contribution < 1.29 is 9.84 Å². The molecular weight excluding hydrogens is 304 g/mol. The molecule has 2 atom stereocenters. The van der Waals surface area contributed by atoms with Crippen LogP contribution in [0.1, 0.15) is 39.0 Å². The predicted molar refractivity (Wildman–Crippen MR) is 98.4 cm³/mol. The van der Waals surface area contributed by atoms with E-state index in [9.17, 15) is 5.11 Å². The third-order valence-corrected chi connectivity index (χ3v) is 5.37. The minimum Gasteiger partial charge on any atom is -0.396 e. The smallest absolute Gasteiger partial charge is 0.190 e. The van der Waals surface area contributed by atoms with Crippen LogP contribution in [0.3, 0.4) is 0 Å². The van der Waals surface area contributed by atoms with E-state index in [-0.39, 0.29) is 12.0 Å². The highest BCUT2D eigenvalue weighted by Crippen LogP contribution is 2.31. The Labute approximate surface area is 147 Å². The van der Waals surface area contributed by atoms with Crippen LogP contribution in [0.2, 0.25) is 0 Å². The highest BCUT2D eigenvalue weighted by Gasteiger charge is 2.34. The molecule has 0 aromatic rings. The molecule has 0 amide bonds.